The van der Waals surface area contributed by atoms with Crippen LogP contribution in [0.4, 0.5) is 0 Å². The summed E-state index contributed by atoms with van der Waals surface area (Å²) in [7, 11) is 2.22. The second-order valence-electron chi connectivity index (χ2n) is 7.92. The van der Waals surface area contributed by atoms with Gasteiger partial charge >= 0.3 is 0 Å². The van der Waals surface area contributed by atoms with Gasteiger partial charge in [0, 0.05) is 29.6 Å². The molecule has 5 nitrogen and oxygen atoms in total. The molecule has 2 fully saturated rings. The molecule has 1 N–H and O–H groups in total. The van der Waals surface area contributed by atoms with Gasteiger partial charge in [0.1, 0.15) is 0 Å². The molecule has 4 rings (SSSR count). The minimum Gasteiger partial charge on any atom is -0.478 e. The summed E-state index contributed by atoms with van der Waals surface area (Å²) in [6.07, 6.45) is 6.64. The van der Waals surface area contributed by atoms with Gasteiger partial charge in [-0.2, -0.15) is 0 Å². The predicted molar refractivity (Wildman–Crippen MR) is 107 cm³/mol. The lowest BCUT2D eigenvalue weighted by molar-refractivity contribution is 0.0883. The van der Waals surface area contributed by atoms with Gasteiger partial charge in [0.15, 0.2) is 0 Å². The third kappa shape index (κ3) is 3.79. The van der Waals surface area contributed by atoms with Crippen LogP contribution in [-0.2, 0) is 0 Å². The van der Waals surface area contributed by atoms with Gasteiger partial charge in [-0.3, -0.25) is 4.79 Å². The molecule has 2 aromatic rings. The molecule has 144 valence electrons. The van der Waals surface area contributed by atoms with Crippen molar-refractivity contribution in [3.8, 4) is 5.88 Å². The first kappa shape index (κ1) is 18.2. The van der Waals surface area contributed by atoms with E-state index < -0.39 is 0 Å². The number of hydrogen-bond donors (Lipinski definition) is 1. The molecule has 3 atom stereocenters. The van der Waals surface area contributed by atoms with E-state index in [0.29, 0.717) is 30.1 Å². The van der Waals surface area contributed by atoms with Crippen LogP contribution >= 0.6 is 0 Å². The maximum atomic E-state index is 13.1. The van der Waals surface area contributed by atoms with Crippen LogP contribution in [-0.4, -0.2) is 47.6 Å². The fraction of sp³-hybridized carbons (Fsp3) is 0.545. The Balaban J connectivity index is 1.55. The van der Waals surface area contributed by atoms with Crippen LogP contribution in [0.3, 0.4) is 0 Å². The zero-order chi connectivity index (χ0) is 18.8. The summed E-state index contributed by atoms with van der Waals surface area (Å²) in [6, 6.07) is 11.1. The number of nitrogens with zero attached hydrogens (tertiary/aromatic N) is 2. The Hall–Kier alpha value is -2.14. The van der Waals surface area contributed by atoms with Crippen LogP contribution < -0.4 is 10.1 Å². The summed E-state index contributed by atoms with van der Waals surface area (Å²) >= 11 is 0. The van der Waals surface area contributed by atoms with Crippen LogP contribution in [0.1, 0.15) is 55.8 Å². The SMILES string of the molecule is CCCCOc1cc(C(=O)NC2C[C@H]3CC[C@@H](C2)N3C)c2ccccc2n1. The third-order valence-corrected chi connectivity index (χ3v) is 6.12. The number of piperidine rings is 1. The zero-order valence-electron chi connectivity index (χ0n) is 16.3. The molecule has 27 heavy (non-hydrogen) atoms. The molecule has 2 aliphatic rings. The first-order chi connectivity index (χ1) is 13.2. The Kier molecular flexibility index (Phi) is 5.30. The molecule has 0 saturated carbocycles. The quantitative estimate of drug-likeness (QED) is 0.790. The van der Waals surface area contributed by atoms with E-state index in [0.717, 1.165) is 36.6 Å². The number of fused-ring (bicyclic) bond motifs is 3. The fourth-order valence-electron chi connectivity index (χ4n) is 4.53. The van der Waals surface area contributed by atoms with Crippen molar-refractivity contribution in [2.45, 2.75) is 63.6 Å². The number of amides is 1. The highest BCUT2D eigenvalue weighted by Gasteiger charge is 2.38. The number of aromatic nitrogens is 1. The van der Waals surface area contributed by atoms with Gasteiger partial charge in [-0.05, 0) is 45.2 Å². The largest absolute Gasteiger partial charge is 0.478 e. The monoisotopic (exact) mass is 367 g/mol. The summed E-state index contributed by atoms with van der Waals surface area (Å²) in [5, 5.41) is 4.18. The number of nitrogens with one attached hydrogen (secondary N) is 1. The molecule has 0 spiro atoms. The number of unbranched alkanes of at least 4 members (excludes halogenated alkanes) is 1. The van der Waals surface area contributed by atoms with Crippen molar-refractivity contribution < 1.29 is 9.53 Å². The third-order valence-electron chi connectivity index (χ3n) is 6.12. The Labute approximate surface area is 161 Å². The molecule has 0 aliphatic carbocycles. The number of pyridine rings is 1. The minimum absolute atomic E-state index is 0.0112. The van der Waals surface area contributed by atoms with Crippen molar-refractivity contribution in [3.05, 3.63) is 35.9 Å². The van der Waals surface area contributed by atoms with E-state index in [4.69, 9.17) is 4.74 Å². The molecule has 1 amide bonds. The van der Waals surface area contributed by atoms with Gasteiger partial charge in [0.25, 0.3) is 5.91 Å². The summed E-state index contributed by atoms with van der Waals surface area (Å²) in [4.78, 5) is 20.2. The van der Waals surface area contributed by atoms with Crippen LogP contribution in [0.15, 0.2) is 30.3 Å². The summed E-state index contributed by atoms with van der Waals surface area (Å²) in [5.41, 5.74) is 1.47. The Morgan fingerprint density at radius 3 is 2.74 bits per heavy atom. The Morgan fingerprint density at radius 1 is 1.26 bits per heavy atom. The van der Waals surface area contributed by atoms with Crippen molar-refractivity contribution in [2.24, 2.45) is 0 Å². The van der Waals surface area contributed by atoms with Crippen LogP contribution in [0.25, 0.3) is 10.9 Å². The van der Waals surface area contributed by atoms with Gasteiger partial charge in [0.05, 0.1) is 17.7 Å². The highest BCUT2D eigenvalue weighted by Crippen LogP contribution is 2.34. The lowest BCUT2D eigenvalue weighted by Crippen LogP contribution is -2.48. The number of para-hydroxylation sites is 1. The van der Waals surface area contributed by atoms with E-state index in [2.05, 4.69) is 29.2 Å². The average molecular weight is 367 g/mol. The van der Waals surface area contributed by atoms with Gasteiger partial charge in [-0.1, -0.05) is 31.5 Å². The molecule has 2 aliphatic heterocycles. The topological polar surface area (TPSA) is 54.5 Å². The molecule has 1 unspecified atom stereocenters. The minimum atomic E-state index is -0.0112. The maximum absolute atomic E-state index is 13.1. The van der Waals surface area contributed by atoms with E-state index in [-0.39, 0.29) is 11.9 Å². The van der Waals surface area contributed by atoms with Crippen molar-refractivity contribution >= 4 is 16.8 Å². The summed E-state index contributed by atoms with van der Waals surface area (Å²) < 4.78 is 5.80. The summed E-state index contributed by atoms with van der Waals surface area (Å²) in [5.74, 6) is 0.527. The first-order valence-corrected chi connectivity index (χ1v) is 10.2. The predicted octanol–water partition coefficient (Wildman–Crippen LogP) is 3.77. The molecule has 2 saturated heterocycles. The van der Waals surface area contributed by atoms with Gasteiger partial charge < -0.3 is 15.0 Å². The van der Waals surface area contributed by atoms with Gasteiger partial charge in [-0.15, -0.1) is 0 Å². The number of benzene rings is 1. The van der Waals surface area contributed by atoms with Crippen molar-refractivity contribution in [1.82, 2.24) is 15.2 Å². The second-order valence-corrected chi connectivity index (χ2v) is 7.92. The highest BCUT2D eigenvalue weighted by atomic mass is 16.5. The number of hydrogen-bond acceptors (Lipinski definition) is 4. The molecule has 3 heterocycles. The van der Waals surface area contributed by atoms with Gasteiger partial charge in [-0.25, -0.2) is 4.98 Å². The van der Waals surface area contributed by atoms with Crippen LogP contribution in [0, 0.1) is 0 Å². The van der Waals surface area contributed by atoms with Crippen LogP contribution in [0.2, 0.25) is 0 Å². The molecule has 1 aromatic heterocycles. The molecular formula is C22H29N3O2. The number of rotatable bonds is 6. The Bertz CT molecular complexity index is 808. The van der Waals surface area contributed by atoms with E-state index in [1.807, 2.05) is 24.3 Å². The zero-order valence-corrected chi connectivity index (χ0v) is 16.3. The Morgan fingerprint density at radius 2 is 2.00 bits per heavy atom. The average Bonchev–Trinajstić information content (AvgIpc) is 2.89. The molecule has 1 aromatic carbocycles. The second kappa shape index (κ2) is 7.85. The van der Waals surface area contributed by atoms with Gasteiger partial charge in [0.2, 0.25) is 5.88 Å². The van der Waals surface area contributed by atoms with E-state index >= 15 is 0 Å². The van der Waals surface area contributed by atoms with E-state index in [1.54, 1.807) is 6.07 Å². The lowest BCUT2D eigenvalue weighted by Gasteiger charge is -2.36. The molecular weight excluding hydrogens is 338 g/mol. The standard InChI is InChI=1S/C22H29N3O2/c1-3-4-11-27-21-14-19(18-7-5-6-8-20(18)24-21)22(26)23-15-12-16-9-10-17(13-15)25(16)2/h5-8,14-17H,3-4,9-13H2,1-2H3,(H,23,26)/t15?,16-,17+. The smallest absolute Gasteiger partial charge is 0.252 e. The summed E-state index contributed by atoms with van der Waals surface area (Å²) in [6.45, 7) is 2.76. The van der Waals surface area contributed by atoms with Crippen molar-refractivity contribution in [1.29, 1.82) is 0 Å². The molecule has 2 bridgehead atoms. The number of carbonyl (C=O) groups excluding carboxylic acids is 1. The molecule has 0 radical (unpaired) electrons. The van der Waals surface area contributed by atoms with E-state index in [1.165, 1.54) is 12.8 Å². The lowest BCUT2D eigenvalue weighted by atomic mass is 9.97. The maximum Gasteiger partial charge on any atom is 0.252 e. The number of carbonyl (C=O) groups is 1. The first-order valence-electron chi connectivity index (χ1n) is 10.2. The van der Waals surface area contributed by atoms with E-state index in [9.17, 15) is 4.79 Å². The fourth-order valence-corrected chi connectivity index (χ4v) is 4.53. The van der Waals surface area contributed by atoms with Crippen molar-refractivity contribution in [3.63, 3.8) is 0 Å². The van der Waals surface area contributed by atoms with Crippen molar-refractivity contribution in [2.75, 3.05) is 13.7 Å². The van der Waals surface area contributed by atoms with Crippen LogP contribution in [0.5, 0.6) is 5.88 Å². The number of ether oxygens (including phenoxy) is 1. The molecule has 5 heteroatoms. The normalized spacial score (nSPS) is 24.9. The highest BCUT2D eigenvalue weighted by molar-refractivity contribution is 6.06.